The highest BCUT2D eigenvalue weighted by atomic mass is 35.5. The topological polar surface area (TPSA) is 114 Å². The zero-order chi connectivity index (χ0) is 20.6. The normalized spacial score (nSPS) is 12.7. The van der Waals surface area contributed by atoms with Gasteiger partial charge >= 0.3 is 12.0 Å². The molecule has 1 aromatic rings. The smallest absolute Gasteiger partial charge is 0.329 e. The van der Waals surface area contributed by atoms with Crippen molar-refractivity contribution < 1.29 is 23.9 Å². The predicted octanol–water partition coefficient (Wildman–Crippen LogP) is 1.87. The van der Waals surface area contributed by atoms with E-state index in [4.69, 9.17) is 16.3 Å². The molecule has 0 bridgehead atoms. The third-order valence-electron chi connectivity index (χ3n) is 3.53. The summed E-state index contributed by atoms with van der Waals surface area (Å²) in [4.78, 5) is 47.8. The highest BCUT2D eigenvalue weighted by Gasteiger charge is 2.28. The van der Waals surface area contributed by atoms with Crippen molar-refractivity contribution in [3.8, 4) is 0 Å². The quantitative estimate of drug-likeness (QED) is 0.608. The first kappa shape index (κ1) is 22.4. The maximum absolute atomic E-state index is 12.4. The summed E-state index contributed by atoms with van der Waals surface area (Å²) in [7, 11) is 1.35. The Kier molecular flexibility index (Phi) is 8.74. The van der Waals surface area contributed by atoms with Crippen LogP contribution in [0.3, 0.4) is 0 Å². The molecule has 0 aromatic heterocycles. The third kappa shape index (κ3) is 7.65. The number of halogens is 1. The first-order valence-electron chi connectivity index (χ1n) is 8.43. The molecule has 4 amide bonds. The van der Waals surface area contributed by atoms with E-state index in [-0.39, 0.29) is 5.92 Å². The number of hydrogen-bond acceptors (Lipinski definition) is 5. The van der Waals surface area contributed by atoms with Gasteiger partial charge in [0.2, 0.25) is 0 Å². The lowest BCUT2D eigenvalue weighted by atomic mass is 10.0. The van der Waals surface area contributed by atoms with E-state index in [0.717, 1.165) is 0 Å². The van der Waals surface area contributed by atoms with Crippen LogP contribution in [0.25, 0.3) is 0 Å². The Labute approximate surface area is 163 Å². The van der Waals surface area contributed by atoms with Gasteiger partial charge in [-0.3, -0.25) is 14.9 Å². The SMILES string of the molecule is CNC(=O)NC(=O)[C@H](C)OC(=O)[C@@H](CC(C)C)NC(=O)c1ccc(Cl)cc1. The first-order chi connectivity index (χ1) is 12.6. The van der Waals surface area contributed by atoms with Gasteiger partial charge < -0.3 is 15.4 Å². The van der Waals surface area contributed by atoms with E-state index in [2.05, 4.69) is 10.6 Å². The first-order valence-corrected chi connectivity index (χ1v) is 8.81. The number of hydrogen-bond donors (Lipinski definition) is 3. The van der Waals surface area contributed by atoms with E-state index in [1.54, 1.807) is 12.1 Å². The lowest BCUT2D eigenvalue weighted by molar-refractivity contribution is -0.156. The molecule has 0 aliphatic carbocycles. The van der Waals surface area contributed by atoms with E-state index in [9.17, 15) is 19.2 Å². The van der Waals surface area contributed by atoms with E-state index >= 15 is 0 Å². The average molecular weight is 398 g/mol. The summed E-state index contributed by atoms with van der Waals surface area (Å²) < 4.78 is 5.11. The van der Waals surface area contributed by atoms with Crippen LogP contribution < -0.4 is 16.0 Å². The third-order valence-corrected chi connectivity index (χ3v) is 3.78. The Morgan fingerprint density at radius 3 is 2.19 bits per heavy atom. The average Bonchev–Trinajstić information content (AvgIpc) is 2.60. The van der Waals surface area contributed by atoms with Crippen molar-refractivity contribution in [1.82, 2.24) is 16.0 Å². The largest absolute Gasteiger partial charge is 0.451 e. The van der Waals surface area contributed by atoms with Gasteiger partial charge in [-0.05, 0) is 43.5 Å². The van der Waals surface area contributed by atoms with E-state index in [1.165, 1.54) is 26.1 Å². The van der Waals surface area contributed by atoms with Crippen LogP contribution in [0.4, 0.5) is 4.79 Å². The van der Waals surface area contributed by atoms with Crippen molar-refractivity contribution >= 4 is 35.4 Å². The van der Waals surface area contributed by atoms with Crippen molar-refractivity contribution in [2.45, 2.75) is 39.3 Å². The van der Waals surface area contributed by atoms with Crippen molar-refractivity contribution in [1.29, 1.82) is 0 Å². The van der Waals surface area contributed by atoms with Crippen molar-refractivity contribution in [3.63, 3.8) is 0 Å². The van der Waals surface area contributed by atoms with Gasteiger partial charge in [-0.25, -0.2) is 9.59 Å². The molecule has 0 saturated carbocycles. The summed E-state index contributed by atoms with van der Waals surface area (Å²) >= 11 is 5.80. The fraction of sp³-hybridized carbons (Fsp3) is 0.444. The number of ether oxygens (including phenoxy) is 1. The summed E-state index contributed by atoms with van der Waals surface area (Å²) in [5, 5.41) is 7.34. The maximum atomic E-state index is 12.4. The Hall–Kier alpha value is -2.61. The molecule has 0 aliphatic heterocycles. The molecule has 8 nitrogen and oxygen atoms in total. The summed E-state index contributed by atoms with van der Waals surface area (Å²) in [6.45, 7) is 5.11. The molecule has 1 aromatic carbocycles. The summed E-state index contributed by atoms with van der Waals surface area (Å²) in [5.74, 6) is -1.90. The van der Waals surface area contributed by atoms with Gasteiger partial charge in [-0.1, -0.05) is 25.4 Å². The molecule has 0 spiro atoms. The molecule has 9 heteroatoms. The zero-order valence-electron chi connectivity index (χ0n) is 15.7. The monoisotopic (exact) mass is 397 g/mol. The molecular formula is C18H24ClN3O5. The molecule has 148 valence electrons. The Morgan fingerprint density at radius 2 is 1.67 bits per heavy atom. The summed E-state index contributed by atoms with van der Waals surface area (Å²) in [6, 6.07) is 4.56. The Balaban J connectivity index is 2.78. The van der Waals surface area contributed by atoms with Crippen LogP contribution in [0.15, 0.2) is 24.3 Å². The van der Waals surface area contributed by atoms with Gasteiger partial charge in [-0.15, -0.1) is 0 Å². The molecule has 0 heterocycles. The molecule has 0 fully saturated rings. The van der Waals surface area contributed by atoms with E-state index < -0.39 is 36.0 Å². The van der Waals surface area contributed by atoms with Crippen LogP contribution in [-0.2, 0) is 14.3 Å². The van der Waals surface area contributed by atoms with Gasteiger partial charge in [0.05, 0.1) is 0 Å². The van der Waals surface area contributed by atoms with Gasteiger partial charge in [-0.2, -0.15) is 0 Å². The number of urea groups is 1. The number of benzene rings is 1. The second kappa shape index (κ2) is 10.5. The van der Waals surface area contributed by atoms with E-state index in [1.807, 2.05) is 19.2 Å². The summed E-state index contributed by atoms with van der Waals surface area (Å²) in [6.07, 6.45) is -0.876. The second-order valence-corrected chi connectivity index (χ2v) is 6.75. The fourth-order valence-corrected chi connectivity index (χ4v) is 2.24. The van der Waals surface area contributed by atoms with Crippen molar-refractivity contribution in [2.75, 3.05) is 7.05 Å². The lowest BCUT2D eigenvalue weighted by Gasteiger charge is -2.21. The predicted molar refractivity (Wildman–Crippen MR) is 100 cm³/mol. The van der Waals surface area contributed by atoms with Gasteiger partial charge in [0.1, 0.15) is 6.04 Å². The molecule has 3 N–H and O–H groups in total. The van der Waals surface area contributed by atoms with Crippen LogP contribution in [-0.4, -0.2) is 43.0 Å². The van der Waals surface area contributed by atoms with Crippen molar-refractivity contribution in [3.05, 3.63) is 34.9 Å². The molecule has 27 heavy (non-hydrogen) atoms. The lowest BCUT2D eigenvalue weighted by Crippen LogP contribution is -2.47. The number of nitrogens with one attached hydrogen (secondary N) is 3. The molecule has 0 saturated heterocycles. The zero-order valence-corrected chi connectivity index (χ0v) is 16.4. The van der Waals surface area contributed by atoms with Crippen LogP contribution in [0.5, 0.6) is 0 Å². The highest BCUT2D eigenvalue weighted by Crippen LogP contribution is 2.12. The number of carbonyl (C=O) groups is 4. The molecular weight excluding hydrogens is 374 g/mol. The van der Waals surface area contributed by atoms with Crippen LogP contribution in [0, 0.1) is 5.92 Å². The Bertz CT molecular complexity index is 691. The standard InChI is InChI=1S/C18H24ClN3O5/c1-10(2)9-14(21-16(24)12-5-7-13(19)8-6-12)17(25)27-11(3)15(23)22-18(26)20-4/h5-8,10-11,14H,9H2,1-4H3,(H,21,24)(H2,20,22,23,26)/t11-,14+/m0/s1. The molecule has 0 radical (unpaired) electrons. The number of rotatable bonds is 7. The number of amides is 4. The van der Waals surface area contributed by atoms with Gasteiger partial charge in [0, 0.05) is 17.6 Å². The van der Waals surface area contributed by atoms with Gasteiger partial charge in [0.15, 0.2) is 6.10 Å². The van der Waals surface area contributed by atoms with Crippen LogP contribution in [0.2, 0.25) is 5.02 Å². The van der Waals surface area contributed by atoms with Crippen molar-refractivity contribution in [2.24, 2.45) is 5.92 Å². The van der Waals surface area contributed by atoms with Gasteiger partial charge in [0.25, 0.3) is 11.8 Å². The Morgan fingerprint density at radius 1 is 1.07 bits per heavy atom. The molecule has 1 rings (SSSR count). The fourth-order valence-electron chi connectivity index (χ4n) is 2.11. The molecule has 0 aliphatic rings. The van der Waals surface area contributed by atoms with Crippen LogP contribution >= 0.6 is 11.6 Å². The number of esters is 1. The highest BCUT2D eigenvalue weighted by molar-refractivity contribution is 6.30. The maximum Gasteiger partial charge on any atom is 0.329 e. The molecule has 2 atom stereocenters. The molecule has 0 unspecified atom stereocenters. The van der Waals surface area contributed by atoms with Crippen LogP contribution in [0.1, 0.15) is 37.6 Å². The van der Waals surface area contributed by atoms with E-state index in [0.29, 0.717) is 17.0 Å². The minimum Gasteiger partial charge on any atom is -0.451 e. The minimum atomic E-state index is -1.20. The summed E-state index contributed by atoms with van der Waals surface area (Å²) in [5.41, 5.74) is 0.339. The second-order valence-electron chi connectivity index (χ2n) is 6.31. The minimum absolute atomic E-state index is 0.0862. The number of imide groups is 1. The number of carbonyl (C=O) groups excluding carboxylic acids is 4.